The van der Waals surface area contributed by atoms with Gasteiger partial charge in [-0.3, -0.25) is 4.79 Å². The van der Waals surface area contributed by atoms with Crippen molar-refractivity contribution < 1.29 is 4.79 Å². The first kappa shape index (κ1) is 15.5. The molecule has 1 aliphatic carbocycles. The van der Waals surface area contributed by atoms with Gasteiger partial charge in [0, 0.05) is 6.42 Å². The number of ketones is 1. The van der Waals surface area contributed by atoms with E-state index in [1.807, 2.05) is 6.08 Å². The summed E-state index contributed by atoms with van der Waals surface area (Å²) in [5.41, 5.74) is 0.359. The first-order valence-corrected chi connectivity index (χ1v) is 7.68. The minimum absolute atomic E-state index is 0.317. The molecule has 1 nitrogen and oxygen atoms in total. The third-order valence-electron chi connectivity index (χ3n) is 4.51. The molecule has 0 heterocycles. The molecule has 2 atom stereocenters. The summed E-state index contributed by atoms with van der Waals surface area (Å²) in [6.07, 6.45) is 12.1. The Bertz CT molecular complexity index is 288. The summed E-state index contributed by atoms with van der Waals surface area (Å²) in [5, 5.41) is 0. The number of hydrogen-bond acceptors (Lipinski definition) is 1. The maximum Gasteiger partial charge on any atom is 0.155 e. The van der Waals surface area contributed by atoms with Crippen LogP contribution in [0, 0.1) is 17.3 Å². The number of rotatable bonds is 6. The van der Waals surface area contributed by atoms with Crippen LogP contribution in [0.1, 0.15) is 72.6 Å². The maximum absolute atomic E-state index is 11.8. The molecule has 0 amide bonds. The van der Waals surface area contributed by atoms with Crippen molar-refractivity contribution in [3.8, 4) is 0 Å². The molecule has 0 aromatic rings. The summed E-state index contributed by atoms with van der Waals surface area (Å²) in [4.78, 5) is 11.8. The van der Waals surface area contributed by atoms with Crippen LogP contribution >= 0.6 is 0 Å². The van der Waals surface area contributed by atoms with Crippen molar-refractivity contribution >= 4 is 5.78 Å². The molecule has 1 rings (SSSR count). The second-order valence-corrected chi connectivity index (χ2v) is 6.67. The summed E-state index contributed by atoms with van der Waals surface area (Å²) in [6, 6.07) is 0. The predicted octanol–water partition coefficient (Wildman–Crippen LogP) is 5.15. The van der Waals surface area contributed by atoms with Gasteiger partial charge >= 0.3 is 0 Å². The summed E-state index contributed by atoms with van der Waals surface area (Å²) in [7, 11) is 0. The lowest BCUT2D eigenvalue weighted by Crippen LogP contribution is -2.32. The third-order valence-corrected chi connectivity index (χ3v) is 4.51. The Kier molecular flexibility index (Phi) is 6.11. The van der Waals surface area contributed by atoms with Gasteiger partial charge in [-0.1, -0.05) is 59.5 Å². The van der Waals surface area contributed by atoms with E-state index in [0.29, 0.717) is 23.0 Å². The minimum Gasteiger partial charge on any atom is -0.295 e. The Morgan fingerprint density at radius 2 is 2.06 bits per heavy atom. The van der Waals surface area contributed by atoms with Gasteiger partial charge in [0.05, 0.1) is 0 Å². The summed E-state index contributed by atoms with van der Waals surface area (Å²) < 4.78 is 0. The lowest BCUT2D eigenvalue weighted by Gasteiger charge is -2.41. The Morgan fingerprint density at radius 1 is 1.33 bits per heavy atom. The van der Waals surface area contributed by atoms with Crippen LogP contribution in [0.5, 0.6) is 0 Å². The lowest BCUT2D eigenvalue weighted by atomic mass is 9.64. The van der Waals surface area contributed by atoms with Crippen LogP contribution in [0.25, 0.3) is 0 Å². The lowest BCUT2D eigenvalue weighted by molar-refractivity contribution is -0.114. The van der Waals surface area contributed by atoms with Gasteiger partial charge in [0.2, 0.25) is 0 Å². The van der Waals surface area contributed by atoms with Gasteiger partial charge in [-0.05, 0) is 36.2 Å². The molecular formula is C17H30O. The molecule has 0 aromatic heterocycles. The standard InChI is InChI=1S/C17H30O/c1-5-6-7-10-15(18)11-12-16-14(2)9-8-13-17(16,3)4/h11-12,14,16H,5-10,13H2,1-4H3/b12-11+. The van der Waals surface area contributed by atoms with Crippen molar-refractivity contribution in [1.82, 2.24) is 0 Å². The van der Waals surface area contributed by atoms with Gasteiger partial charge in [-0.2, -0.15) is 0 Å². The molecule has 2 unspecified atom stereocenters. The van der Waals surface area contributed by atoms with E-state index in [0.717, 1.165) is 12.8 Å². The highest BCUT2D eigenvalue weighted by atomic mass is 16.1. The highest BCUT2D eigenvalue weighted by Gasteiger charge is 2.34. The van der Waals surface area contributed by atoms with Crippen molar-refractivity contribution in [3.63, 3.8) is 0 Å². The Morgan fingerprint density at radius 3 is 2.67 bits per heavy atom. The highest BCUT2D eigenvalue weighted by Crippen LogP contribution is 2.44. The molecule has 0 radical (unpaired) electrons. The molecule has 0 spiro atoms. The molecule has 0 N–H and O–H groups in total. The fraction of sp³-hybridized carbons (Fsp3) is 0.824. The van der Waals surface area contributed by atoms with Gasteiger partial charge in [0.15, 0.2) is 5.78 Å². The van der Waals surface area contributed by atoms with E-state index in [2.05, 4.69) is 33.8 Å². The van der Waals surface area contributed by atoms with Crippen molar-refractivity contribution in [1.29, 1.82) is 0 Å². The molecule has 0 saturated heterocycles. The average molecular weight is 250 g/mol. The first-order valence-electron chi connectivity index (χ1n) is 7.68. The van der Waals surface area contributed by atoms with Crippen LogP contribution in [-0.2, 0) is 4.79 Å². The Hall–Kier alpha value is -0.590. The van der Waals surface area contributed by atoms with Gasteiger partial charge in [0.25, 0.3) is 0 Å². The smallest absolute Gasteiger partial charge is 0.155 e. The van der Waals surface area contributed by atoms with E-state index in [1.165, 1.54) is 32.1 Å². The number of hydrogen-bond donors (Lipinski definition) is 0. The topological polar surface area (TPSA) is 17.1 Å². The minimum atomic E-state index is 0.317. The molecule has 1 aliphatic rings. The van der Waals surface area contributed by atoms with Crippen LogP contribution in [0.15, 0.2) is 12.2 Å². The first-order chi connectivity index (χ1) is 8.47. The van der Waals surface area contributed by atoms with Crippen LogP contribution in [-0.4, -0.2) is 5.78 Å². The number of unbranched alkanes of at least 4 members (excludes halogenated alkanes) is 2. The van der Waals surface area contributed by atoms with Crippen molar-refractivity contribution in [3.05, 3.63) is 12.2 Å². The quantitative estimate of drug-likeness (QED) is 0.470. The number of carbonyl (C=O) groups is 1. The molecule has 0 aromatic carbocycles. The largest absolute Gasteiger partial charge is 0.295 e. The van der Waals surface area contributed by atoms with Crippen LogP contribution in [0.2, 0.25) is 0 Å². The Balaban J connectivity index is 2.50. The molecule has 1 saturated carbocycles. The molecule has 104 valence electrons. The van der Waals surface area contributed by atoms with E-state index >= 15 is 0 Å². The summed E-state index contributed by atoms with van der Waals surface area (Å²) in [5.74, 6) is 1.60. The Labute approximate surface area is 113 Å². The van der Waals surface area contributed by atoms with Crippen molar-refractivity contribution in [2.45, 2.75) is 72.6 Å². The zero-order valence-electron chi connectivity index (χ0n) is 12.7. The van der Waals surface area contributed by atoms with Gasteiger partial charge in [0.1, 0.15) is 0 Å². The van der Waals surface area contributed by atoms with Gasteiger partial charge in [-0.15, -0.1) is 0 Å². The van der Waals surface area contributed by atoms with E-state index in [-0.39, 0.29) is 0 Å². The second-order valence-electron chi connectivity index (χ2n) is 6.67. The predicted molar refractivity (Wildman–Crippen MR) is 78.6 cm³/mol. The zero-order chi connectivity index (χ0) is 13.6. The molecule has 0 bridgehead atoms. The van der Waals surface area contributed by atoms with E-state index in [9.17, 15) is 4.79 Å². The fourth-order valence-corrected chi connectivity index (χ4v) is 3.29. The molecule has 1 heteroatoms. The zero-order valence-corrected chi connectivity index (χ0v) is 12.7. The fourth-order valence-electron chi connectivity index (χ4n) is 3.29. The van der Waals surface area contributed by atoms with Crippen molar-refractivity contribution in [2.24, 2.45) is 17.3 Å². The highest BCUT2D eigenvalue weighted by molar-refractivity contribution is 5.89. The SMILES string of the molecule is CCCCCC(=O)/C=C/C1C(C)CCCC1(C)C. The maximum atomic E-state index is 11.8. The average Bonchev–Trinajstić information content (AvgIpc) is 2.28. The van der Waals surface area contributed by atoms with E-state index in [1.54, 1.807) is 0 Å². The van der Waals surface area contributed by atoms with Crippen LogP contribution < -0.4 is 0 Å². The van der Waals surface area contributed by atoms with E-state index < -0.39 is 0 Å². The van der Waals surface area contributed by atoms with Crippen LogP contribution in [0.4, 0.5) is 0 Å². The summed E-state index contributed by atoms with van der Waals surface area (Å²) >= 11 is 0. The number of allylic oxidation sites excluding steroid dienone is 2. The van der Waals surface area contributed by atoms with E-state index in [4.69, 9.17) is 0 Å². The van der Waals surface area contributed by atoms with Gasteiger partial charge in [-0.25, -0.2) is 0 Å². The van der Waals surface area contributed by atoms with Crippen molar-refractivity contribution in [2.75, 3.05) is 0 Å². The van der Waals surface area contributed by atoms with Gasteiger partial charge < -0.3 is 0 Å². The number of carbonyl (C=O) groups excluding carboxylic acids is 1. The normalized spacial score (nSPS) is 27.6. The summed E-state index contributed by atoms with van der Waals surface area (Å²) in [6.45, 7) is 9.20. The molecule has 0 aliphatic heterocycles. The molecule has 1 fully saturated rings. The monoisotopic (exact) mass is 250 g/mol. The molecular weight excluding hydrogens is 220 g/mol. The van der Waals surface area contributed by atoms with Crippen LogP contribution in [0.3, 0.4) is 0 Å². The third kappa shape index (κ3) is 4.59. The second kappa shape index (κ2) is 7.11. The molecule has 18 heavy (non-hydrogen) atoms.